The van der Waals surface area contributed by atoms with Gasteiger partial charge >= 0.3 is 5.97 Å². The Morgan fingerprint density at radius 3 is 2.40 bits per heavy atom. The number of nitrogens with zero attached hydrogens (tertiary/aromatic N) is 6. The minimum absolute atomic E-state index is 0.0369. The summed E-state index contributed by atoms with van der Waals surface area (Å²) in [6.07, 6.45) is -2.40. The number of esters is 1. The Balaban J connectivity index is 1.57. The predicted molar refractivity (Wildman–Crippen MR) is 211 cm³/mol. The molecule has 0 amide bonds. The van der Waals surface area contributed by atoms with Crippen molar-refractivity contribution in [2.24, 2.45) is 28.8 Å². The molecular weight excluding hydrogens is 775 g/mol. The van der Waals surface area contributed by atoms with E-state index in [1.54, 1.807) is 34.6 Å². The number of cyclic esters (lactones) is 1. The molecule has 5 rings (SSSR count). The number of fused-ring (bicyclic) bond motifs is 5. The van der Waals surface area contributed by atoms with Crippen LogP contribution in [0.5, 0.6) is 0 Å². The third-order valence-corrected chi connectivity index (χ3v) is 12.3. The number of ether oxygens (including phenoxy) is 5. The second-order valence-corrected chi connectivity index (χ2v) is 17.3. The van der Waals surface area contributed by atoms with Crippen LogP contribution in [0.2, 0.25) is 0 Å². The topological polar surface area (TPSA) is 240 Å². The Hall–Kier alpha value is -3.56. The first-order valence-electron chi connectivity index (χ1n) is 19.8. The molecule has 2 bridgehead atoms. The first-order chi connectivity index (χ1) is 27.3. The molecule has 19 heteroatoms. The number of anilines is 1. The molecule has 18 nitrogen and oxygen atoms in total. The van der Waals surface area contributed by atoms with Gasteiger partial charge in [0, 0.05) is 23.8 Å². The largest absolute Gasteiger partial charge is 0.459 e. The van der Waals surface area contributed by atoms with Gasteiger partial charge in [-0.2, -0.15) is 9.36 Å². The molecule has 2 aromatic heterocycles. The number of oxime groups is 1. The number of hydrogen-bond donors (Lipinski definition) is 3. The highest BCUT2D eigenvalue weighted by molar-refractivity contribution is 7.09. The summed E-state index contributed by atoms with van der Waals surface area (Å²) in [5.41, 5.74) is 3.48. The summed E-state index contributed by atoms with van der Waals surface area (Å²) in [6, 6.07) is -0.331. The SMILES string of the molecule is CC[C@H]1OC(=O)[C@H](C)C(=O)[C@H](C)[C@@H](O[C@@H]2O[C@H](C)C[C@H](N(C)C)[C@H]2O)[C@@]2(C)C[C@@H](C)C(=O)[C@H](C)[C@H](OC/C(=N\OCc3cnc(-c4nc(N)ns4)cn3)CO2)[C@]1(C)O. The molecule has 58 heavy (non-hydrogen) atoms. The van der Waals surface area contributed by atoms with Crippen LogP contribution in [-0.4, -0.2) is 139 Å². The number of carbonyl (C=O) groups excluding carboxylic acids is 3. The molecule has 0 unspecified atom stereocenters. The lowest BCUT2D eigenvalue weighted by molar-refractivity contribution is -0.296. The molecule has 5 heterocycles. The van der Waals surface area contributed by atoms with Crippen LogP contribution in [0.3, 0.4) is 0 Å². The molecule has 3 saturated heterocycles. The highest BCUT2D eigenvalue weighted by Crippen LogP contribution is 2.39. The lowest BCUT2D eigenvalue weighted by Crippen LogP contribution is -2.60. The van der Waals surface area contributed by atoms with Gasteiger partial charge in [0.15, 0.2) is 23.7 Å². The molecule has 3 fully saturated rings. The van der Waals surface area contributed by atoms with E-state index < -0.39 is 77.3 Å². The van der Waals surface area contributed by atoms with Crippen molar-refractivity contribution in [1.82, 2.24) is 24.2 Å². The van der Waals surface area contributed by atoms with E-state index in [1.165, 1.54) is 26.2 Å². The summed E-state index contributed by atoms with van der Waals surface area (Å²) < 4.78 is 35.9. The normalized spacial score (nSPS) is 37.8. The number of nitrogens with two attached hydrogens (primary N) is 1. The van der Waals surface area contributed by atoms with E-state index in [2.05, 4.69) is 24.5 Å². The number of Topliss-reactive ketones (excluding diaryl/α,β-unsaturated/α-hetero) is 2. The Morgan fingerprint density at radius 2 is 1.78 bits per heavy atom. The van der Waals surface area contributed by atoms with Gasteiger partial charge in [-0.05, 0) is 72.6 Å². The molecule has 13 atom stereocenters. The van der Waals surface area contributed by atoms with Crippen molar-refractivity contribution in [3.8, 4) is 10.7 Å². The van der Waals surface area contributed by atoms with Crippen molar-refractivity contribution in [3.05, 3.63) is 18.1 Å². The molecule has 0 radical (unpaired) electrons. The number of nitrogen functional groups attached to an aromatic ring is 1. The van der Waals surface area contributed by atoms with Crippen LogP contribution in [0.15, 0.2) is 17.5 Å². The van der Waals surface area contributed by atoms with Crippen LogP contribution in [0.25, 0.3) is 10.7 Å². The second-order valence-electron chi connectivity index (χ2n) is 16.5. The minimum Gasteiger partial charge on any atom is -0.459 e. The number of likely N-dealkylation sites (N-methyl/N-ethyl adjacent to an activating group) is 1. The summed E-state index contributed by atoms with van der Waals surface area (Å²) in [6.45, 7) is 12.7. The first kappa shape index (κ1) is 45.5. The van der Waals surface area contributed by atoms with E-state index in [-0.39, 0.29) is 62.3 Å². The zero-order valence-electron chi connectivity index (χ0n) is 35.0. The average Bonchev–Trinajstić information content (AvgIpc) is 3.62. The van der Waals surface area contributed by atoms with E-state index in [9.17, 15) is 24.6 Å². The predicted octanol–water partition coefficient (Wildman–Crippen LogP) is 2.59. The molecule has 0 aromatic carbocycles. The second kappa shape index (κ2) is 18.8. The van der Waals surface area contributed by atoms with Gasteiger partial charge in [0.1, 0.15) is 40.9 Å². The standard InChI is InChI=1S/C39H59N7O11S/c1-11-28-39(8,51)33-21(4)29(47)19(2)13-38(7,53-17-25(16-52-33)44-54-18-24-14-42-26(15-41-24)34-43-37(40)45-58-34)32(22(5)30(48)23(6)35(50)56-28)57-36-31(49)27(46(9)10)12-20(3)55-36/h14-15,19-23,27-28,31-33,36,49,51H,11-13,16-18H2,1-10H3,(H2,40,45)/b44-25+/t19-,20-,21+,22+,23-,27+,28-,31-,32-,33+,36+,38-,39-/m1/s1. The molecule has 3 aliphatic rings. The number of ketones is 2. The monoisotopic (exact) mass is 833 g/mol. The lowest BCUT2D eigenvalue weighted by Gasteiger charge is -2.47. The van der Waals surface area contributed by atoms with Gasteiger partial charge in [-0.1, -0.05) is 32.9 Å². The molecule has 0 spiro atoms. The average molecular weight is 834 g/mol. The van der Waals surface area contributed by atoms with Crippen molar-refractivity contribution < 1.29 is 53.1 Å². The third-order valence-electron chi connectivity index (χ3n) is 11.6. The van der Waals surface area contributed by atoms with Crippen LogP contribution >= 0.6 is 11.5 Å². The van der Waals surface area contributed by atoms with Gasteiger partial charge in [0.05, 0.1) is 55.2 Å². The molecule has 0 saturated carbocycles. The summed E-state index contributed by atoms with van der Waals surface area (Å²) >= 11 is 1.10. The molecule has 2 aromatic rings. The Morgan fingerprint density at radius 1 is 1.05 bits per heavy atom. The minimum atomic E-state index is -1.89. The number of aliphatic hydroxyl groups is 2. The number of hydrogen-bond acceptors (Lipinski definition) is 19. The van der Waals surface area contributed by atoms with Crippen molar-refractivity contribution in [1.29, 1.82) is 0 Å². The fourth-order valence-corrected chi connectivity index (χ4v) is 8.82. The smallest absolute Gasteiger partial charge is 0.316 e. The van der Waals surface area contributed by atoms with E-state index in [4.69, 9.17) is 34.3 Å². The van der Waals surface area contributed by atoms with Gasteiger partial charge in [0.25, 0.3) is 0 Å². The van der Waals surface area contributed by atoms with E-state index in [0.717, 1.165) is 11.5 Å². The number of rotatable bonds is 8. The maximum Gasteiger partial charge on any atom is 0.316 e. The highest BCUT2D eigenvalue weighted by Gasteiger charge is 2.53. The zero-order valence-corrected chi connectivity index (χ0v) is 35.8. The van der Waals surface area contributed by atoms with E-state index in [0.29, 0.717) is 22.8 Å². The molecule has 322 valence electrons. The van der Waals surface area contributed by atoms with Crippen LogP contribution in [0.1, 0.15) is 80.3 Å². The quantitative estimate of drug-likeness (QED) is 0.197. The Labute approximate surface area is 343 Å². The van der Waals surface area contributed by atoms with Crippen molar-refractivity contribution in [2.75, 3.05) is 33.0 Å². The van der Waals surface area contributed by atoms with Gasteiger partial charge < -0.3 is 49.4 Å². The van der Waals surface area contributed by atoms with Gasteiger partial charge in [0.2, 0.25) is 5.95 Å². The highest BCUT2D eigenvalue weighted by atomic mass is 32.1. The zero-order chi connectivity index (χ0) is 42.7. The van der Waals surface area contributed by atoms with E-state index in [1.807, 2.05) is 25.9 Å². The number of carbonyl (C=O) groups is 3. The molecular formula is C39H59N7O11S. The van der Waals surface area contributed by atoms with Crippen LogP contribution in [-0.2, 0) is 49.5 Å². The maximum absolute atomic E-state index is 14.4. The van der Waals surface area contributed by atoms with Gasteiger partial charge in [-0.25, -0.2) is 4.98 Å². The molecule has 0 aliphatic carbocycles. The third kappa shape index (κ3) is 10.1. The summed E-state index contributed by atoms with van der Waals surface area (Å²) in [5, 5.41) is 28.6. The fourth-order valence-electron chi connectivity index (χ4n) is 8.27. The van der Waals surface area contributed by atoms with Crippen molar-refractivity contribution in [3.63, 3.8) is 0 Å². The van der Waals surface area contributed by atoms with Crippen molar-refractivity contribution in [2.45, 2.75) is 135 Å². The van der Waals surface area contributed by atoms with Crippen molar-refractivity contribution >= 4 is 40.7 Å². The molecule has 4 N–H and O–H groups in total. The Bertz CT molecular complexity index is 1780. The number of aliphatic hydroxyl groups excluding tert-OH is 1. The first-order valence-corrected chi connectivity index (χ1v) is 20.5. The fraction of sp³-hybridized carbons (Fsp3) is 0.744. The van der Waals surface area contributed by atoms with Crippen LogP contribution in [0, 0.1) is 23.7 Å². The number of aromatic nitrogens is 4. The van der Waals surface area contributed by atoms with E-state index >= 15 is 0 Å². The van der Waals surface area contributed by atoms with Gasteiger partial charge in [-0.15, -0.1) is 0 Å². The van der Waals surface area contributed by atoms with Crippen LogP contribution < -0.4 is 5.73 Å². The van der Waals surface area contributed by atoms with Crippen LogP contribution in [0.4, 0.5) is 5.95 Å². The molecule has 3 aliphatic heterocycles. The maximum atomic E-state index is 14.4. The lowest BCUT2D eigenvalue weighted by atomic mass is 9.74. The summed E-state index contributed by atoms with van der Waals surface area (Å²) in [5.74, 6) is -5.43. The summed E-state index contributed by atoms with van der Waals surface area (Å²) in [7, 11) is 3.70. The van der Waals surface area contributed by atoms with Gasteiger partial charge in [-0.3, -0.25) is 19.4 Å². The Kier molecular flexibility index (Phi) is 14.7. The summed E-state index contributed by atoms with van der Waals surface area (Å²) in [4.78, 5) is 63.0.